The van der Waals surface area contributed by atoms with Crippen LogP contribution < -0.4 is 21.9 Å². The molecule has 0 bridgehead atoms. The predicted octanol–water partition coefficient (Wildman–Crippen LogP) is 8.85. The molecule has 0 spiro atoms. The fourth-order valence-electron chi connectivity index (χ4n) is 5.17. The van der Waals surface area contributed by atoms with E-state index >= 15 is 0 Å². The topological polar surface area (TPSA) is 101 Å². The highest BCUT2D eigenvalue weighted by molar-refractivity contribution is 7.80. The first-order valence-corrected chi connectivity index (χ1v) is 13.7. The Morgan fingerprint density at radius 2 is 1.27 bits per heavy atom. The van der Waals surface area contributed by atoms with Gasteiger partial charge >= 0.3 is 0 Å². The van der Waals surface area contributed by atoms with Gasteiger partial charge in [-0.3, -0.25) is 0 Å². The van der Waals surface area contributed by atoms with Gasteiger partial charge in [0.2, 0.25) is 0 Å². The van der Waals surface area contributed by atoms with Gasteiger partial charge in [0.1, 0.15) is 5.69 Å². The number of aryl methyl sites for hydroxylation is 1. The van der Waals surface area contributed by atoms with Crippen LogP contribution in [0.15, 0.2) is 109 Å². The number of anilines is 2. The van der Waals surface area contributed by atoms with E-state index in [-0.39, 0.29) is 0 Å². The number of nitrogens with two attached hydrogens (primary N) is 2. The van der Waals surface area contributed by atoms with E-state index in [4.69, 9.17) is 24.1 Å². The van der Waals surface area contributed by atoms with Crippen LogP contribution in [0.4, 0.5) is 34.1 Å². The number of rotatable bonds is 4. The van der Waals surface area contributed by atoms with Gasteiger partial charge in [-0.1, -0.05) is 43.5 Å². The van der Waals surface area contributed by atoms with Crippen molar-refractivity contribution in [2.45, 2.75) is 16.7 Å². The van der Waals surface area contributed by atoms with Crippen LogP contribution in [0.5, 0.6) is 0 Å². The van der Waals surface area contributed by atoms with Crippen LogP contribution in [-0.2, 0) is 0 Å². The normalized spacial score (nSPS) is 12.0. The molecule has 0 aliphatic carbocycles. The van der Waals surface area contributed by atoms with Gasteiger partial charge in [0.15, 0.2) is 0 Å². The highest BCUT2D eigenvalue weighted by Crippen LogP contribution is 2.42. The molecule has 6 nitrogen and oxygen atoms in total. The van der Waals surface area contributed by atoms with Crippen molar-refractivity contribution in [1.29, 1.82) is 0 Å². The molecule has 0 amide bonds. The van der Waals surface area contributed by atoms with Crippen LogP contribution in [0, 0.1) is 6.92 Å². The first-order valence-electron chi connectivity index (χ1n) is 12.8. The van der Waals surface area contributed by atoms with E-state index in [0.29, 0.717) is 43.9 Å². The van der Waals surface area contributed by atoms with E-state index in [1.807, 2.05) is 55.5 Å². The predicted molar refractivity (Wildman–Crippen MR) is 179 cm³/mol. The molecule has 6 rings (SSSR count). The van der Waals surface area contributed by atoms with Crippen LogP contribution in [0.3, 0.4) is 0 Å². The minimum Gasteiger partial charge on any atom is -0.399 e. The number of nitrogens with zero attached hydrogens (tertiary/aromatic N) is 4. The number of azo groups is 2. The monoisotopic (exact) mass is 570 g/mol. The van der Waals surface area contributed by atoms with Crippen molar-refractivity contribution in [3.8, 4) is 0 Å². The molecule has 0 aliphatic rings. The van der Waals surface area contributed by atoms with Crippen LogP contribution in [0.25, 0.3) is 45.5 Å². The summed E-state index contributed by atoms with van der Waals surface area (Å²) in [7, 11) is 0. The van der Waals surface area contributed by atoms with Crippen molar-refractivity contribution in [2.75, 3.05) is 11.5 Å². The van der Waals surface area contributed by atoms with Crippen molar-refractivity contribution in [3.05, 3.63) is 94.9 Å². The summed E-state index contributed by atoms with van der Waals surface area (Å²) in [5.74, 6) is 0. The van der Waals surface area contributed by atoms with Crippen molar-refractivity contribution < 1.29 is 0 Å². The lowest BCUT2D eigenvalue weighted by molar-refractivity contribution is 1.18. The van der Waals surface area contributed by atoms with Gasteiger partial charge in [-0.05, 0) is 93.0 Å². The summed E-state index contributed by atoms with van der Waals surface area (Å²) in [4.78, 5) is 1.29. The maximum Gasteiger partial charge on any atom is 0.103 e. The number of benzene rings is 6. The van der Waals surface area contributed by atoms with E-state index in [9.17, 15) is 0 Å². The molecule has 41 heavy (non-hydrogen) atoms. The minimum atomic E-state index is 0.603. The molecular weight excluding hydrogens is 545 g/mol. The molecule has 0 heterocycles. The SMILES string of the molecule is C=c1c2ccccc2c(=C)c2cc(N=Nc3c(S)cc4c(N=Nc5ccc(N)cc5S)ccc(N)c4c3C)ccc12. The molecule has 0 fully saturated rings. The summed E-state index contributed by atoms with van der Waals surface area (Å²) < 4.78 is 0. The second-order valence-corrected chi connectivity index (χ2v) is 10.8. The number of hydrogen-bond acceptors (Lipinski definition) is 8. The quantitative estimate of drug-likeness (QED) is 0.0736. The van der Waals surface area contributed by atoms with Crippen LogP contribution in [0.1, 0.15) is 5.56 Å². The van der Waals surface area contributed by atoms with Gasteiger partial charge in [0.25, 0.3) is 0 Å². The van der Waals surface area contributed by atoms with Crippen LogP contribution in [-0.4, -0.2) is 0 Å². The third kappa shape index (κ3) is 4.71. The van der Waals surface area contributed by atoms with E-state index < -0.39 is 0 Å². The lowest BCUT2D eigenvalue weighted by Gasteiger charge is -2.12. The molecule has 8 heteroatoms. The zero-order valence-electron chi connectivity index (χ0n) is 22.3. The molecule has 0 saturated carbocycles. The molecule has 0 unspecified atom stereocenters. The Morgan fingerprint density at radius 3 is 2.00 bits per heavy atom. The van der Waals surface area contributed by atoms with E-state index in [1.54, 1.807) is 18.2 Å². The first-order chi connectivity index (χ1) is 19.7. The maximum absolute atomic E-state index is 6.43. The van der Waals surface area contributed by atoms with Gasteiger partial charge in [-0.15, -0.1) is 40.6 Å². The maximum atomic E-state index is 6.43. The molecule has 0 radical (unpaired) electrons. The third-order valence-corrected chi connectivity index (χ3v) is 7.97. The highest BCUT2D eigenvalue weighted by atomic mass is 32.1. The number of hydrogen-bond donors (Lipinski definition) is 4. The second kappa shape index (κ2) is 10.4. The molecule has 4 N–H and O–H groups in total. The summed E-state index contributed by atoms with van der Waals surface area (Å²) in [6.45, 7) is 10.6. The van der Waals surface area contributed by atoms with Crippen molar-refractivity contribution in [3.63, 3.8) is 0 Å². The lowest BCUT2D eigenvalue weighted by Crippen LogP contribution is -2.12. The summed E-state index contributed by atoms with van der Waals surface area (Å²) in [5, 5.41) is 25.8. The number of thiol groups is 2. The summed E-state index contributed by atoms with van der Waals surface area (Å²) in [6.07, 6.45) is 0. The molecule has 200 valence electrons. The fraction of sp³-hybridized carbons (Fsp3) is 0.0303. The fourth-order valence-corrected chi connectivity index (χ4v) is 5.78. The Labute approximate surface area is 247 Å². The Balaban J connectivity index is 1.42. The molecule has 0 aliphatic heterocycles. The first kappa shape index (κ1) is 26.6. The molecule has 0 aromatic heterocycles. The molecule has 0 saturated heterocycles. The Morgan fingerprint density at radius 1 is 0.610 bits per heavy atom. The Hall–Kier alpha value is -4.66. The highest BCUT2D eigenvalue weighted by Gasteiger charge is 2.14. The average molecular weight is 571 g/mol. The van der Waals surface area contributed by atoms with Gasteiger partial charge in [-0.25, -0.2) is 0 Å². The zero-order valence-corrected chi connectivity index (χ0v) is 24.0. The van der Waals surface area contributed by atoms with E-state index in [1.165, 1.54) is 0 Å². The van der Waals surface area contributed by atoms with Gasteiger partial charge in [-0.2, -0.15) is 5.11 Å². The smallest absolute Gasteiger partial charge is 0.103 e. The van der Waals surface area contributed by atoms with E-state index in [2.05, 4.69) is 58.4 Å². The van der Waals surface area contributed by atoms with Crippen LogP contribution >= 0.6 is 25.3 Å². The summed E-state index contributed by atoms with van der Waals surface area (Å²) >= 11 is 9.21. The van der Waals surface area contributed by atoms with Crippen molar-refractivity contribution >= 4 is 105 Å². The summed E-state index contributed by atoms with van der Waals surface area (Å²) in [5.41, 5.74) is 16.9. The van der Waals surface area contributed by atoms with Gasteiger partial charge in [0, 0.05) is 31.9 Å². The van der Waals surface area contributed by atoms with E-state index in [0.717, 1.165) is 48.3 Å². The number of fused-ring (bicyclic) bond motifs is 3. The molecule has 6 aromatic carbocycles. The average Bonchev–Trinajstić information content (AvgIpc) is 2.96. The Kier molecular flexibility index (Phi) is 6.73. The molecule has 6 aromatic rings. The van der Waals surface area contributed by atoms with Crippen molar-refractivity contribution in [1.82, 2.24) is 0 Å². The zero-order chi connectivity index (χ0) is 28.8. The summed E-state index contributed by atoms with van der Waals surface area (Å²) in [6, 6.07) is 24.9. The molecular formula is C33H26N6S2. The molecule has 0 atom stereocenters. The minimum absolute atomic E-state index is 0.603. The van der Waals surface area contributed by atoms with Gasteiger partial charge in [0.05, 0.1) is 17.1 Å². The van der Waals surface area contributed by atoms with Crippen molar-refractivity contribution in [2.24, 2.45) is 20.5 Å². The van der Waals surface area contributed by atoms with Crippen LogP contribution in [0.2, 0.25) is 0 Å². The lowest BCUT2D eigenvalue weighted by atomic mass is 9.98. The Bertz CT molecular complexity index is 2210. The largest absolute Gasteiger partial charge is 0.399 e. The standard InChI is InChI=1S/C33H26N6S2/c1-17-22-6-4-5-7-23(22)18(2)25-15-21(9-10-24(17)25)36-39-33-19(3)32-26(16-31(33)41)28(13-11-27(32)35)37-38-29-12-8-20(34)14-30(29)40/h4-16,40-41H,1-2,34-35H2,3H3. The van der Waals surface area contributed by atoms with Gasteiger partial charge < -0.3 is 11.5 Å². The third-order valence-electron chi connectivity index (χ3n) is 7.27. The number of nitrogen functional groups attached to an aromatic ring is 2. The second-order valence-electron chi connectivity index (χ2n) is 9.85.